The number of hydrogen-bond acceptors (Lipinski definition) is 5. The number of carbonyl (C=O) groups excluding carboxylic acids is 1. The van der Waals surface area contributed by atoms with Crippen LogP contribution in [-0.4, -0.2) is 40.0 Å². The molecule has 15 heavy (non-hydrogen) atoms. The Morgan fingerprint density at radius 1 is 1.53 bits per heavy atom. The Balaban J connectivity index is 3.13. The molecule has 1 aliphatic rings. The number of hydrogen-bond donors (Lipinski definition) is 3. The van der Waals surface area contributed by atoms with Crippen LogP contribution in [0.2, 0.25) is 0 Å². The Hall–Kier alpha value is -1.82. The van der Waals surface area contributed by atoms with E-state index < -0.39 is 23.5 Å². The number of rotatable bonds is 2. The van der Waals surface area contributed by atoms with Gasteiger partial charge in [-0.05, 0) is 18.2 Å². The van der Waals surface area contributed by atoms with Crippen molar-refractivity contribution in [2.24, 2.45) is 5.92 Å². The van der Waals surface area contributed by atoms with Gasteiger partial charge in [0.1, 0.15) is 11.7 Å². The predicted octanol–water partition coefficient (Wildman–Crippen LogP) is -0.397. The predicted molar refractivity (Wildman–Crippen MR) is 47.9 cm³/mol. The van der Waals surface area contributed by atoms with E-state index in [0.717, 1.165) is 25.3 Å². The molecule has 2 atom stereocenters. The molecule has 0 bridgehead atoms. The molecule has 0 saturated carbocycles. The van der Waals surface area contributed by atoms with E-state index in [4.69, 9.17) is 10.2 Å². The van der Waals surface area contributed by atoms with Gasteiger partial charge >= 0.3 is 11.9 Å². The van der Waals surface area contributed by atoms with Crippen LogP contribution in [0.4, 0.5) is 0 Å². The van der Waals surface area contributed by atoms with Crippen LogP contribution < -0.4 is 0 Å². The lowest BCUT2D eigenvalue weighted by molar-refractivity contribution is -0.166. The average Bonchev–Trinajstić information content (AvgIpc) is 2.20. The second-order valence-electron chi connectivity index (χ2n) is 3.06. The number of methoxy groups -OCH3 is 1. The number of carboxylic acids is 1. The van der Waals surface area contributed by atoms with Gasteiger partial charge < -0.3 is 20.1 Å². The quantitative estimate of drug-likeness (QED) is 0.540. The topological polar surface area (TPSA) is 104 Å². The van der Waals surface area contributed by atoms with Gasteiger partial charge in [-0.3, -0.25) is 4.79 Å². The summed E-state index contributed by atoms with van der Waals surface area (Å²) in [6.45, 7) is 0. The average molecular weight is 214 g/mol. The number of aliphatic hydroxyl groups is 2. The monoisotopic (exact) mass is 214 g/mol. The van der Waals surface area contributed by atoms with E-state index >= 15 is 0 Å². The van der Waals surface area contributed by atoms with Gasteiger partial charge in [0.2, 0.25) is 0 Å². The molecule has 0 radical (unpaired) electrons. The van der Waals surface area contributed by atoms with Crippen LogP contribution in [0.25, 0.3) is 0 Å². The van der Waals surface area contributed by atoms with Gasteiger partial charge in [0, 0.05) is 0 Å². The Labute approximate surface area is 85.1 Å². The third kappa shape index (κ3) is 1.84. The normalized spacial score (nSPS) is 29.5. The van der Waals surface area contributed by atoms with Crippen molar-refractivity contribution in [2.75, 3.05) is 7.11 Å². The Morgan fingerprint density at radius 3 is 2.60 bits per heavy atom. The molecule has 0 fully saturated rings. The lowest BCUT2D eigenvalue weighted by Gasteiger charge is -2.27. The second kappa shape index (κ2) is 3.74. The molecule has 0 aliphatic heterocycles. The number of carboxylic acid groups (broad SMARTS) is 1. The minimum atomic E-state index is -2.38. The zero-order chi connectivity index (χ0) is 11.6. The van der Waals surface area contributed by atoms with Crippen molar-refractivity contribution in [1.82, 2.24) is 0 Å². The van der Waals surface area contributed by atoms with Gasteiger partial charge in [-0.1, -0.05) is 0 Å². The van der Waals surface area contributed by atoms with Gasteiger partial charge in [0.05, 0.1) is 7.11 Å². The molecule has 0 saturated heterocycles. The maximum Gasteiger partial charge on any atom is 0.341 e. The molecule has 6 heteroatoms. The van der Waals surface area contributed by atoms with Crippen molar-refractivity contribution in [2.45, 2.75) is 5.60 Å². The zero-order valence-corrected chi connectivity index (χ0v) is 7.88. The Bertz CT molecular complexity index is 356. The summed E-state index contributed by atoms with van der Waals surface area (Å²) < 4.78 is 4.33. The fourth-order valence-electron chi connectivity index (χ4n) is 1.25. The summed E-state index contributed by atoms with van der Waals surface area (Å²) in [5.41, 5.74) is -2.38. The molecule has 82 valence electrons. The highest BCUT2D eigenvalue weighted by atomic mass is 16.5. The summed E-state index contributed by atoms with van der Waals surface area (Å²) in [6, 6.07) is 0. The van der Waals surface area contributed by atoms with E-state index in [9.17, 15) is 14.7 Å². The molecule has 1 aliphatic carbocycles. The van der Waals surface area contributed by atoms with E-state index in [0.29, 0.717) is 0 Å². The number of aliphatic hydroxyl groups excluding tert-OH is 1. The Morgan fingerprint density at radius 2 is 2.13 bits per heavy atom. The molecular formula is C9H10O6. The first-order valence-corrected chi connectivity index (χ1v) is 4.05. The summed E-state index contributed by atoms with van der Waals surface area (Å²) in [4.78, 5) is 22.0. The fraction of sp³-hybridized carbons (Fsp3) is 0.333. The standard InChI is InChI=1S/C9H10O6/c1-15-7(11)6-4-5(10)2-3-9(6,14)8(12)13/h2-4,6,10,14H,1H3,(H,12,13). The van der Waals surface area contributed by atoms with Crippen LogP contribution in [-0.2, 0) is 14.3 Å². The van der Waals surface area contributed by atoms with Crippen LogP contribution in [0.1, 0.15) is 0 Å². The van der Waals surface area contributed by atoms with Gasteiger partial charge in [-0.25, -0.2) is 4.79 Å². The van der Waals surface area contributed by atoms with Gasteiger partial charge in [0.25, 0.3) is 0 Å². The number of esters is 1. The summed E-state index contributed by atoms with van der Waals surface area (Å²) in [5.74, 6) is -4.27. The van der Waals surface area contributed by atoms with Gasteiger partial charge in [-0.15, -0.1) is 0 Å². The molecule has 2 unspecified atom stereocenters. The van der Waals surface area contributed by atoms with E-state index in [1.165, 1.54) is 0 Å². The third-order valence-corrected chi connectivity index (χ3v) is 2.12. The largest absolute Gasteiger partial charge is 0.508 e. The molecule has 0 amide bonds. The maximum absolute atomic E-state index is 11.2. The summed E-state index contributed by atoms with van der Waals surface area (Å²) >= 11 is 0. The van der Waals surface area contributed by atoms with Crippen LogP contribution in [0.3, 0.4) is 0 Å². The number of carbonyl (C=O) groups is 2. The lowest BCUT2D eigenvalue weighted by Crippen LogP contribution is -2.48. The Kier molecular flexibility index (Phi) is 2.81. The molecule has 0 spiro atoms. The van der Waals surface area contributed by atoms with E-state index in [-0.39, 0.29) is 5.76 Å². The first kappa shape index (κ1) is 11.3. The molecule has 0 aromatic heterocycles. The van der Waals surface area contributed by atoms with Crippen molar-refractivity contribution in [3.63, 3.8) is 0 Å². The molecule has 3 N–H and O–H groups in total. The molecule has 6 nitrogen and oxygen atoms in total. The molecule has 1 rings (SSSR count). The highest BCUT2D eigenvalue weighted by Gasteiger charge is 2.47. The molecule has 0 heterocycles. The van der Waals surface area contributed by atoms with E-state index in [1.54, 1.807) is 0 Å². The van der Waals surface area contributed by atoms with Crippen molar-refractivity contribution >= 4 is 11.9 Å². The van der Waals surface area contributed by atoms with Crippen molar-refractivity contribution in [1.29, 1.82) is 0 Å². The van der Waals surface area contributed by atoms with Crippen molar-refractivity contribution < 1.29 is 29.6 Å². The third-order valence-electron chi connectivity index (χ3n) is 2.12. The lowest BCUT2D eigenvalue weighted by atomic mass is 9.83. The fourth-order valence-corrected chi connectivity index (χ4v) is 1.25. The van der Waals surface area contributed by atoms with Gasteiger partial charge in [-0.2, -0.15) is 0 Å². The molecule has 0 aromatic rings. The van der Waals surface area contributed by atoms with Crippen molar-refractivity contribution in [3.8, 4) is 0 Å². The van der Waals surface area contributed by atoms with Gasteiger partial charge in [0.15, 0.2) is 5.60 Å². The minimum Gasteiger partial charge on any atom is -0.508 e. The first-order valence-electron chi connectivity index (χ1n) is 4.05. The van der Waals surface area contributed by atoms with Crippen LogP contribution in [0.15, 0.2) is 24.0 Å². The van der Waals surface area contributed by atoms with E-state index in [2.05, 4.69) is 4.74 Å². The summed E-state index contributed by atoms with van der Waals surface area (Å²) in [6.07, 6.45) is 2.78. The minimum absolute atomic E-state index is 0.295. The number of allylic oxidation sites excluding steroid dienone is 1. The van der Waals surface area contributed by atoms with Crippen LogP contribution in [0, 0.1) is 5.92 Å². The highest BCUT2D eigenvalue weighted by molar-refractivity contribution is 5.90. The van der Waals surface area contributed by atoms with Crippen molar-refractivity contribution in [3.05, 3.63) is 24.0 Å². The SMILES string of the molecule is COC(=O)C1C=C(O)C=CC1(O)C(=O)O. The second-order valence-corrected chi connectivity index (χ2v) is 3.06. The summed E-state index contributed by atoms with van der Waals surface area (Å²) in [5, 5.41) is 27.6. The first-order chi connectivity index (χ1) is 6.91. The number of aliphatic carboxylic acids is 1. The molecule has 0 aromatic carbocycles. The maximum atomic E-state index is 11.2. The highest BCUT2D eigenvalue weighted by Crippen LogP contribution is 2.28. The molecular weight excluding hydrogens is 204 g/mol. The summed E-state index contributed by atoms with van der Waals surface area (Å²) in [7, 11) is 1.06. The number of ether oxygens (including phenoxy) is 1. The van der Waals surface area contributed by atoms with E-state index in [1.807, 2.05) is 0 Å². The zero-order valence-electron chi connectivity index (χ0n) is 7.88. The van der Waals surface area contributed by atoms with Crippen LogP contribution in [0.5, 0.6) is 0 Å². The van der Waals surface area contributed by atoms with Crippen LogP contribution >= 0.6 is 0 Å². The smallest absolute Gasteiger partial charge is 0.341 e.